The fourth-order valence-electron chi connectivity index (χ4n) is 4.43. The summed E-state index contributed by atoms with van der Waals surface area (Å²) in [6.07, 6.45) is 6.09. The summed E-state index contributed by atoms with van der Waals surface area (Å²) in [4.78, 5) is 0. The van der Waals surface area contributed by atoms with Crippen molar-refractivity contribution in [1.82, 2.24) is 5.32 Å². The highest BCUT2D eigenvalue weighted by Crippen LogP contribution is 2.39. The number of benzene rings is 2. The second kappa shape index (κ2) is 10.3. The summed E-state index contributed by atoms with van der Waals surface area (Å²) in [5.74, 6) is 2.67. The summed E-state index contributed by atoms with van der Waals surface area (Å²) in [6, 6.07) is 13.2. The van der Waals surface area contributed by atoms with Crippen LogP contribution in [0.1, 0.15) is 65.4 Å². The largest absolute Gasteiger partial charge is 0.499 e. The van der Waals surface area contributed by atoms with Crippen LogP contribution in [0.2, 0.25) is 0 Å². The van der Waals surface area contributed by atoms with Crippen LogP contribution in [-0.2, 0) is 11.3 Å². The molecule has 30 heavy (non-hydrogen) atoms. The molecule has 3 heteroatoms. The molecular formula is C27H39NO2. The fraction of sp³-hybridized carbons (Fsp3) is 0.556. The molecule has 0 aromatic heterocycles. The van der Waals surface area contributed by atoms with Gasteiger partial charge in [-0.15, -0.1) is 0 Å². The molecule has 0 aliphatic heterocycles. The van der Waals surface area contributed by atoms with Crippen LogP contribution < -0.4 is 10.1 Å². The Morgan fingerprint density at radius 1 is 1.03 bits per heavy atom. The standard InChI is InChI=1S/C27H39NO2/c1-6-29-20(2)15-16-28-19-21-7-8-23-18-26(12-9-22(23)17-21)30-25-13-10-24(11-14-25)27(3,4)5/h7-9,12,17-18,24-25,28H,2,6,10-11,13-16,19H2,1,3-5H3. The molecule has 0 saturated heterocycles. The molecule has 3 rings (SSSR count). The van der Waals surface area contributed by atoms with Gasteiger partial charge in [0, 0.05) is 19.5 Å². The normalized spacial score (nSPS) is 19.6. The topological polar surface area (TPSA) is 30.5 Å². The first-order valence-corrected chi connectivity index (χ1v) is 11.6. The highest BCUT2D eigenvalue weighted by molar-refractivity contribution is 5.84. The summed E-state index contributed by atoms with van der Waals surface area (Å²) in [7, 11) is 0. The molecule has 0 radical (unpaired) electrons. The predicted molar refractivity (Wildman–Crippen MR) is 127 cm³/mol. The zero-order valence-corrected chi connectivity index (χ0v) is 19.3. The average molecular weight is 410 g/mol. The monoisotopic (exact) mass is 409 g/mol. The van der Waals surface area contributed by atoms with Gasteiger partial charge in [-0.3, -0.25) is 0 Å². The van der Waals surface area contributed by atoms with Gasteiger partial charge in [0.15, 0.2) is 0 Å². The number of hydrogen-bond donors (Lipinski definition) is 1. The average Bonchev–Trinajstić information content (AvgIpc) is 2.71. The lowest BCUT2D eigenvalue weighted by atomic mass is 9.72. The third kappa shape index (κ3) is 6.50. The SMILES string of the molecule is C=C(CCNCc1ccc2cc(OC3CCC(C(C)(C)C)CC3)ccc2c1)OCC. The predicted octanol–water partition coefficient (Wildman–Crippen LogP) is 6.85. The smallest absolute Gasteiger partial charge is 0.120 e. The molecule has 1 aliphatic rings. The van der Waals surface area contributed by atoms with Gasteiger partial charge in [-0.25, -0.2) is 0 Å². The van der Waals surface area contributed by atoms with Gasteiger partial charge in [0.05, 0.1) is 18.5 Å². The Morgan fingerprint density at radius 3 is 2.43 bits per heavy atom. The number of ether oxygens (including phenoxy) is 2. The van der Waals surface area contributed by atoms with E-state index in [4.69, 9.17) is 9.47 Å². The van der Waals surface area contributed by atoms with Gasteiger partial charge in [-0.1, -0.05) is 45.5 Å². The fourth-order valence-corrected chi connectivity index (χ4v) is 4.43. The van der Waals surface area contributed by atoms with E-state index in [2.05, 4.69) is 69.1 Å². The van der Waals surface area contributed by atoms with Crippen LogP contribution in [0.3, 0.4) is 0 Å². The lowest BCUT2D eigenvalue weighted by Gasteiger charge is -2.37. The maximum atomic E-state index is 6.34. The second-order valence-corrected chi connectivity index (χ2v) is 9.70. The van der Waals surface area contributed by atoms with Crippen molar-refractivity contribution in [1.29, 1.82) is 0 Å². The maximum Gasteiger partial charge on any atom is 0.120 e. The van der Waals surface area contributed by atoms with Gasteiger partial charge in [-0.2, -0.15) is 0 Å². The molecule has 2 aromatic carbocycles. The lowest BCUT2D eigenvalue weighted by molar-refractivity contribution is 0.0883. The molecule has 0 atom stereocenters. The van der Waals surface area contributed by atoms with Gasteiger partial charge in [0.1, 0.15) is 5.75 Å². The minimum Gasteiger partial charge on any atom is -0.499 e. The Bertz CT molecular complexity index is 828. The Morgan fingerprint density at radius 2 is 1.73 bits per heavy atom. The Kier molecular flexibility index (Phi) is 7.82. The molecule has 1 saturated carbocycles. The molecule has 1 aliphatic carbocycles. The highest BCUT2D eigenvalue weighted by atomic mass is 16.5. The zero-order valence-electron chi connectivity index (χ0n) is 19.3. The Hall–Kier alpha value is -2.00. The first-order valence-electron chi connectivity index (χ1n) is 11.6. The van der Waals surface area contributed by atoms with Crippen LogP contribution in [0.5, 0.6) is 5.75 Å². The van der Waals surface area contributed by atoms with Crippen molar-refractivity contribution in [2.75, 3.05) is 13.2 Å². The third-order valence-corrected chi connectivity index (χ3v) is 6.34. The molecule has 0 amide bonds. The Labute approximate surface area is 182 Å². The summed E-state index contributed by atoms with van der Waals surface area (Å²) >= 11 is 0. The minimum atomic E-state index is 0.357. The van der Waals surface area contributed by atoms with Crippen LogP contribution >= 0.6 is 0 Å². The van der Waals surface area contributed by atoms with Crippen LogP contribution in [0, 0.1) is 11.3 Å². The van der Waals surface area contributed by atoms with Crippen molar-refractivity contribution in [3.63, 3.8) is 0 Å². The van der Waals surface area contributed by atoms with E-state index in [0.29, 0.717) is 18.1 Å². The van der Waals surface area contributed by atoms with Crippen molar-refractivity contribution in [2.45, 2.75) is 72.4 Å². The first-order chi connectivity index (χ1) is 14.3. The van der Waals surface area contributed by atoms with Crippen molar-refractivity contribution >= 4 is 10.8 Å². The minimum absolute atomic E-state index is 0.357. The first kappa shape index (κ1) is 22.7. The quantitative estimate of drug-likeness (QED) is 0.363. The maximum absolute atomic E-state index is 6.34. The Balaban J connectivity index is 1.51. The zero-order chi connectivity index (χ0) is 21.6. The molecule has 2 aromatic rings. The molecule has 0 heterocycles. The van der Waals surface area contributed by atoms with Crippen LogP contribution in [0.25, 0.3) is 10.8 Å². The third-order valence-electron chi connectivity index (χ3n) is 6.34. The van der Waals surface area contributed by atoms with Crippen molar-refractivity contribution < 1.29 is 9.47 Å². The van der Waals surface area contributed by atoms with E-state index in [1.54, 1.807) is 0 Å². The van der Waals surface area contributed by atoms with E-state index < -0.39 is 0 Å². The van der Waals surface area contributed by atoms with Crippen LogP contribution in [0.15, 0.2) is 48.7 Å². The number of hydrogen-bond acceptors (Lipinski definition) is 3. The van der Waals surface area contributed by atoms with E-state index >= 15 is 0 Å². The lowest BCUT2D eigenvalue weighted by Crippen LogP contribution is -2.30. The van der Waals surface area contributed by atoms with Crippen molar-refractivity contribution in [3.8, 4) is 5.75 Å². The van der Waals surface area contributed by atoms with E-state index in [1.807, 2.05) is 6.92 Å². The molecular weight excluding hydrogens is 370 g/mol. The summed E-state index contributed by atoms with van der Waals surface area (Å²) < 4.78 is 11.7. The van der Waals surface area contributed by atoms with Gasteiger partial charge >= 0.3 is 0 Å². The van der Waals surface area contributed by atoms with E-state index in [0.717, 1.165) is 36.9 Å². The van der Waals surface area contributed by atoms with E-state index in [-0.39, 0.29) is 0 Å². The summed E-state index contributed by atoms with van der Waals surface area (Å²) in [5.41, 5.74) is 1.70. The van der Waals surface area contributed by atoms with Gasteiger partial charge in [0.2, 0.25) is 0 Å². The number of fused-ring (bicyclic) bond motifs is 1. The molecule has 0 spiro atoms. The summed E-state index contributed by atoms with van der Waals surface area (Å²) in [6.45, 7) is 15.4. The number of nitrogens with one attached hydrogen (secondary N) is 1. The van der Waals surface area contributed by atoms with Crippen LogP contribution in [0.4, 0.5) is 0 Å². The van der Waals surface area contributed by atoms with Crippen molar-refractivity contribution in [3.05, 3.63) is 54.3 Å². The van der Waals surface area contributed by atoms with Gasteiger partial charge in [0.25, 0.3) is 0 Å². The molecule has 0 unspecified atom stereocenters. The highest BCUT2D eigenvalue weighted by Gasteiger charge is 2.30. The van der Waals surface area contributed by atoms with Crippen LogP contribution in [-0.4, -0.2) is 19.3 Å². The molecule has 1 fully saturated rings. The number of rotatable bonds is 9. The second-order valence-electron chi connectivity index (χ2n) is 9.70. The van der Waals surface area contributed by atoms with Gasteiger partial charge in [-0.05, 0) is 78.5 Å². The molecule has 3 nitrogen and oxygen atoms in total. The molecule has 1 N–H and O–H groups in total. The van der Waals surface area contributed by atoms with Crippen molar-refractivity contribution in [2.24, 2.45) is 11.3 Å². The molecule has 0 bridgehead atoms. The van der Waals surface area contributed by atoms with E-state index in [9.17, 15) is 0 Å². The molecule has 164 valence electrons. The summed E-state index contributed by atoms with van der Waals surface area (Å²) in [5, 5.41) is 5.97. The van der Waals surface area contributed by atoms with Gasteiger partial charge < -0.3 is 14.8 Å². The van der Waals surface area contributed by atoms with E-state index in [1.165, 1.54) is 42.0 Å².